The first-order valence-corrected chi connectivity index (χ1v) is 11.4. The molecule has 0 saturated carbocycles. The molecule has 6 nitrogen and oxygen atoms in total. The predicted octanol–water partition coefficient (Wildman–Crippen LogP) is 2.58. The minimum atomic E-state index is -0.316. The molecule has 2 aromatic rings. The van der Waals surface area contributed by atoms with Gasteiger partial charge in [-0.1, -0.05) is 54.6 Å². The number of hydrogen-bond donors (Lipinski definition) is 0. The summed E-state index contributed by atoms with van der Waals surface area (Å²) in [7, 11) is 0. The van der Waals surface area contributed by atoms with Crippen molar-refractivity contribution in [1.82, 2.24) is 19.6 Å². The fraction of sp³-hybridized carbons (Fsp3) is 0.440. The highest BCUT2D eigenvalue weighted by Gasteiger charge is 2.46. The Kier molecular flexibility index (Phi) is 5.74. The Balaban J connectivity index is 1.09. The summed E-state index contributed by atoms with van der Waals surface area (Å²) in [6, 6.07) is 18.3. The Labute approximate surface area is 184 Å². The van der Waals surface area contributed by atoms with Crippen LogP contribution >= 0.6 is 0 Å². The van der Waals surface area contributed by atoms with Crippen molar-refractivity contribution in [2.45, 2.75) is 32.0 Å². The van der Waals surface area contributed by atoms with E-state index in [0.717, 1.165) is 51.3 Å². The molecule has 0 N–H and O–H groups in total. The summed E-state index contributed by atoms with van der Waals surface area (Å²) >= 11 is 0. The molecule has 5 rings (SSSR count). The lowest BCUT2D eigenvalue weighted by molar-refractivity contribution is -0.128. The van der Waals surface area contributed by atoms with Crippen LogP contribution in [0.3, 0.4) is 0 Å². The molecule has 3 amide bonds. The zero-order chi connectivity index (χ0) is 21.2. The van der Waals surface area contributed by atoms with Crippen LogP contribution in [0.1, 0.15) is 23.1 Å². The van der Waals surface area contributed by atoms with Gasteiger partial charge in [-0.2, -0.15) is 0 Å². The van der Waals surface area contributed by atoms with Crippen LogP contribution in [0.25, 0.3) is 0 Å². The number of fused-ring (bicyclic) bond motifs is 2. The van der Waals surface area contributed by atoms with Crippen LogP contribution in [0.2, 0.25) is 0 Å². The summed E-state index contributed by atoms with van der Waals surface area (Å²) in [5, 5.41) is 0. The average Bonchev–Trinajstić information content (AvgIpc) is 3.03. The van der Waals surface area contributed by atoms with Gasteiger partial charge in [0.25, 0.3) is 5.91 Å². The Hall–Kier alpha value is -2.70. The van der Waals surface area contributed by atoms with E-state index in [2.05, 4.69) is 52.3 Å². The number of imide groups is 1. The van der Waals surface area contributed by atoms with Gasteiger partial charge in [-0.25, -0.2) is 4.79 Å². The number of carbonyl (C=O) groups excluding carboxylic acids is 2. The topological polar surface area (TPSA) is 47.1 Å². The highest BCUT2D eigenvalue weighted by molar-refractivity contribution is 6.04. The first kappa shape index (κ1) is 20.2. The standard InChI is InChI=1S/C25H30N4O2/c30-24-23-17-21-9-4-5-10-22(21)19-29(23)25(31)28(24)12-6-11-26-13-15-27(16-14-26)18-20-7-2-1-3-8-20/h1-5,7-10,23H,6,11-19H2/t23-/m0/s1. The quantitative estimate of drug-likeness (QED) is 0.677. The van der Waals surface area contributed by atoms with Gasteiger partial charge < -0.3 is 9.80 Å². The molecule has 0 aliphatic carbocycles. The molecule has 0 unspecified atom stereocenters. The fourth-order valence-corrected chi connectivity index (χ4v) is 5.04. The SMILES string of the molecule is O=C1[C@@H]2Cc3ccccc3CN2C(=O)N1CCCN1CCN(Cc2ccccc2)CC1. The molecule has 3 heterocycles. The van der Waals surface area contributed by atoms with Crippen molar-refractivity contribution < 1.29 is 9.59 Å². The molecule has 2 aromatic carbocycles. The van der Waals surface area contributed by atoms with E-state index in [9.17, 15) is 9.59 Å². The van der Waals surface area contributed by atoms with Crippen molar-refractivity contribution in [1.29, 1.82) is 0 Å². The highest BCUT2D eigenvalue weighted by Crippen LogP contribution is 2.30. The van der Waals surface area contributed by atoms with Gasteiger partial charge in [-0.3, -0.25) is 14.6 Å². The van der Waals surface area contributed by atoms with Gasteiger partial charge in [-0.05, 0) is 29.7 Å². The summed E-state index contributed by atoms with van der Waals surface area (Å²) in [6.07, 6.45) is 1.48. The normalized spacial score (nSPS) is 22.0. The molecule has 0 bridgehead atoms. The number of benzene rings is 2. The van der Waals surface area contributed by atoms with Crippen LogP contribution < -0.4 is 0 Å². The van der Waals surface area contributed by atoms with E-state index in [1.165, 1.54) is 16.0 Å². The lowest BCUT2D eigenvalue weighted by Crippen LogP contribution is -2.46. The number of amides is 3. The minimum absolute atomic E-state index is 0.0211. The molecule has 2 fully saturated rings. The first-order valence-electron chi connectivity index (χ1n) is 11.4. The number of rotatable bonds is 6. The third-order valence-electron chi connectivity index (χ3n) is 6.85. The van der Waals surface area contributed by atoms with E-state index >= 15 is 0 Å². The number of carbonyl (C=O) groups is 2. The average molecular weight is 419 g/mol. The smallest absolute Gasteiger partial charge is 0.308 e. The van der Waals surface area contributed by atoms with Gasteiger partial charge in [0.05, 0.1) is 0 Å². The summed E-state index contributed by atoms with van der Waals surface area (Å²) in [6.45, 7) is 7.20. The van der Waals surface area contributed by atoms with Crippen molar-refractivity contribution >= 4 is 11.9 Å². The maximum Gasteiger partial charge on any atom is 0.327 e. The Morgan fingerprint density at radius 3 is 2.23 bits per heavy atom. The van der Waals surface area contributed by atoms with Crippen LogP contribution in [0, 0.1) is 0 Å². The second-order valence-corrected chi connectivity index (χ2v) is 8.85. The molecule has 31 heavy (non-hydrogen) atoms. The van der Waals surface area contributed by atoms with Gasteiger partial charge in [-0.15, -0.1) is 0 Å². The molecule has 1 atom stereocenters. The number of urea groups is 1. The summed E-state index contributed by atoms with van der Waals surface area (Å²) in [4.78, 5) is 34.0. The zero-order valence-electron chi connectivity index (χ0n) is 17.9. The van der Waals surface area contributed by atoms with Crippen molar-refractivity contribution in [2.24, 2.45) is 0 Å². The Morgan fingerprint density at radius 1 is 0.774 bits per heavy atom. The summed E-state index contributed by atoms with van der Waals surface area (Å²) in [5.74, 6) is -0.0211. The van der Waals surface area contributed by atoms with E-state index < -0.39 is 0 Å². The third-order valence-corrected chi connectivity index (χ3v) is 6.85. The number of hydrogen-bond acceptors (Lipinski definition) is 4. The number of piperazine rings is 1. The van der Waals surface area contributed by atoms with Crippen LogP contribution in [0.15, 0.2) is 54.6 Å². The molecule has 3 aliphatic rings. The van der Waals surface area contributed by atoms with E-state index in [1.54, 1.807) is 4.90 Å². The molecule has 0 radical (unpaired) electrons. The van der Waals surface area contributed by atoms with Gasteiger partial charge in [0.1, 0.15) is 6.04 Å². The minimum Gasteiger partial charge on any atom is -0.308 e. The van der Waals surface area contributed by atoms with E-state index in [0.29, 0.717) is 19.5 Å². The second-order valence-electron chi connectivity index (χ2n) is 8.85. The molecular formula is C25H30N4O2. The molecular weight excluding hydrogens is 388 g/mol. The monoisotopic (exact) mass is 418 g/mol. The third kappa shape index (κ3) is 4.23. The maximum absolute atomic E-state index is 12.9. The fourth-order valence-electron chi connectivity index (χ4n) is 5.04. The van der Waals surface area contributed by atoms with Crippen molar-refractivity contribution in [3.05, 3.63) is 71.3 Å². The van der Waals surface area contributed by atoms with Gasteiger partial charge in [0, 0.05) is 52.2 Å². The van der Waals surface area contributed by atoms with Gasteiger partial charge >= 0.3 is 6.03 Å². The lowest BCUT2D eigenvalue weighted by atomic mass is 9.95. The van der Waals surface area contributed by atoms with Crippen LogP contribution in [0.5, 0.6) is 0 Å². The van der Waals surface area contributed by atoms with Crippen molar-refractivity contribution in [2.75, 3.05) is 39.3 Å². The van der Waals surface area contributed by atoms with Crippen molar-refractivity contribution in [3.63, 3.8) is 0 Å². The molecule has 162 valence electrons. The summed E-state index contributed by atoms with van der Waals surface area (Å²) < 4.78 is 0. The molecule has 2 saturated heterocycles. The van der Waals surface area contributed by atoms with Crippen LogP contribution in [-0.2, 0) is 24.3 Å². The maximum atomic E-state index is 12.9. The Bertz CT molecular complexity index is 897. The molecule has 6 heteroatoms. The zero-order valence-corrected chi connectivity index (χ0v) is 17.9. The van der Waals surface area contributed by atoms with Crippen molar-refractivity contribution in [3.8, 4) is 0 Å². The van der Waals surface area contributed by atoms with E-state index in [4.69, 9.17) is 0 Å². The summed E-state index contributed by atoms with van der Waals surface area (Å²) in [5.41, 5.74) is 3.72. The van der Waals surface area contributed by atoms with Crippen LogP contribution in [0.4, 0.5) is 4.79 Å². The predicted molar refractivity (Wildman–Crippen MR) is 119 cm³/mol. The lowest BCUT2D eigenvalue weighted by Gasteiger charge is -2.34. The Morgan fingerprint density at radius 2 is 1.45 bits per heavy atom. The largest absolute Gasteiger partial charge is 0.327 e. The van der Waals surface area contributed by atoms with Crippen LogP contribution in [-0.4, -0.2) is 76.8 Å². The molecule has 0 aromatic heterocycles. The molecule has 3 aliphatic heterocycles. The highest BCUT2D eigenvalue weighted by atomic mass is 16.2. The second kappa shape index (κ2) is 8.81. The van der Waals surface area contributed by atoms with Gasteiger partial charge in [0.15, 0.2) is 0 Å². The molecule has 0 spiro atoms. The van der Waals surface area contributed by atoms with Gasteiger partial charge in [0.2, 0.25) is 0 Å². The van der Waals surface area contributed by atoms with E-state index in [1.807, 2.05) is 12.1 Å². The first-order chi connectivity index (χ1) is 15.2. The van der Waals surface area contributed by atoms with E-state index in [-0.39, 0.29) is 18.0 Å². The number of nitrogens with zero attached hydrogens (tertiary/aromatic N) is 4.